The molecule has 0 aromatic heterocycles. The van der Waals surface area contributed by atoms with Gasteiger partial charge >= 0.3 is 5.97 Å². The van der Waals surface area contributed by atoms with Crippen LogP contribution in [0, 0.1) is 0 Å². The van der Waals surface area contributed by atoms with Crippen molar-refractivity contribution in [1.82, 2.24) is 0 Å². The summed E-state index contributed by atoms with van der Waals surface area (Å²) in [4.78, 5) is 17.3. The molecular weight excluding hydrogens is 394 g/mol. The van der Waals surface area contributed by atoms with E-state index < -0.39 is 10.7 Å². The summed E-state index contributed by atoms with van der Waals surface area (Å²) in [5.74, 6) is -0.138. The molecule has 0 unspecified atom stereocenters. The number of carbonyl (C=O) groups excluding carboxylic acids is 1. The van der Waals surface area contributed by atoms with Crippen molar-refractivity contribution >= 4 is 23.4 Å². The van der Waals surface area contributed by atoms with Gasteiger partial charge in [-0.15, -0.1) is 11.8 Å². The van der Waals surface area contributed by atoms with Gasteiger partial charge in [-0.3, -0.25) is 0 Å². The van der Waals surface area contributed by atoms with Crippen molar-refractivity contribution in [3.63, 3.8) is 0 Å². The molecule has 0 N–H and O–H groups in total. The number of ether oxygens (including phenoxy) is 1. The van der Waals surface area contributed by atoms with Gasteiger partial charge in [0.2, 0.25) is 0 Å². The molecule has 3 aromatic carbocycles. The quantitative estimate of drug-likeness (QED) is 0.205. The van der Waals surface area contributed by atoms with E-state index in [-0.39, 0.29) is 12.3 Å². The van der Waals surface area contributed by atoms with Crippen molar-refractivity contribution in [1.29, 1.82) is 0 Å². The SMILES string of the molecule is CCOC(=O)C(CSC(c1ccccc1)(c1ccccc1)c1ccccc1)=NOC. The van der Waals surface area contributed by atoms with Crippen molar-refractivity contribution in [2.24, 2.45) is 5.16 Å². The Morgan fingerprint density at radius 2 is 1.27 bits per heavy atom. The minimum absolute atomic E-state index is 0.247. The van der Waals surface area contributed by atoms with Gasteiger partial charge in [0, 0.05) is 5.75 Å². The Morgan fingerprint density at radius 1 is 0.833 bits per heavy atom. The molecule has 0 bridgehead atoms. The number of esters is 1. The molecule has 0 atom stereocenters. The van der Waals surface area contributed by atoms with Crippen LogP contribution in [0.25, 0.3) is 0 Å². The molecule has 0 saturated carbocycles. The van der Waals surface area contributed by atoms with Gasteiger partial charge in [-0.25, -0.2) is 4.79 Å². The maximum atomic E-state index is 12.4. The van der Waals surface area contributed by atoms with Crippen molar-refractivity contribution in [2.75, 3.05) is 19.5 Å². The zero-order valence-corrected chi connectivity index (χ0v) is 18.0. The lowest BCUT2D eigenvalue weighted by Gasteiger charge is -2.35. The number of benzene rings is 3. The van der Waals surface area contributed by atoms with E-state index in [1.165, 1.54) is 7.11 Å². The van der Waals surface area contributed by atoms with Gasteiger partial charge in [-0.2, -0.15) is 0 Å². The van der Waals surface area contributed by atoms with Crippen molar-refractivity contribution < 1.29 is 14.4 Å². The molecule has 0 aliphatic rings. The van der Waals surface area contributed by atoms with Crippen molar-refractivity contribution in [2.45, 2.75) is 11.7 Å². The van der Waals surface area contributed by atoms with Crippen LogP contribution in [0.4, 0.5) is 0 Å². The summed E-state index contributed by atoms with van der Waals surface area (Å²) >= 11 is 1.62. The summed E-state index contributed by atoms with van der Waals surface area (Å²) in [6, 6.07) is 30.9. The average Bonchev–Trinajstić information content (AvgIpc) is 2.81. The lowest BCUT2D eigenvalue weighted by Crippen LogP contribution is -2.29. The molecule has 30 heavy (non-hydrogen) atoms. The van der Waals surface area contributed by atoms with Gasteiger partial charge < -0.3 is 9.57 Å². The topological polar surface area (TPSA) is 47.9 Å². The van der Waals surface area contributed by atoms with Gasteiger partial charge in [0.05, 0.1) is 11.4 Å². The number of hydrogen-bond acceptors (Lipinski definition) is 5. The first-order valence-electron chi connectivity index (χ1n) is 9.80. The predicted octanol–water partition coefficient (Wildman–Crippen LogP) is 5.28. The second kappa shape index (κ2) is 10.6. The van der Waals surface area contributed by atoms with Crippen LogP contribution < -0.4 is 0 Å². The first-order valence-corrected chi connectivity index (χ1v) is 10.8. The minimum Gasteiger partial charge on any atom is -0.461 e. The highest BCUT2D eigenvalue weighted by atomic mass is 32.2. The van der Waals surface area contributed by atoms with E-state index in [4.69, 9.17) is 9.57 Å². The molecule has 0 heterocycles. The first-order chi connectivity index (χ1) is 14.7. The molecule has 0 spiro atoms. The Kier molecular flexibility index (Phi) is 7.69. The van der Waals surface area contributed by atoms with Crippen LogP contribution in [0.15, 0.2) is 96.2 Å². The van der Waals surface area contributed by atoms with E-state index in [1.807, 2.05) is 54.6 Å². The molecule has 0 saturated heterocycles. The van der Waals surface area contributed by atoms with Crippen LogP contribution in [0.5, 0.6) is 0 Å². The molecular formula is C25H25NO3S. The highest BCUT2D eigenvalue weighted by molar-refractivity contribution is 8.01. The third-order valence-corrected chi connectivity index (χ3v) is 6.24. The fraction of sp³-hybridized carbons (Fsp3) is 0.200. The van der Waals surface area contributed by atoms with Crippen LogP contribution in [-0.2, 0) is 19.1 Å². The van der Waals surface area contributed by atoms with Gasteiger partial charge in [0.1, 0.15) is 7.11 Å². The zero-order valence-electron chi connectivity index (χ0n) is 17.2. The van der Waals surface area contributed by atoms with Gasteiger partial charge in [-0.05, 0) is 23.6 Å². The predicted molar refractivity (Wildman–Crippen MR) is 123 cm³/mol. The van der Waals surface area contributed by atoms with E-state index in [1.54, 1.807) is 18.7 Å². The third-order valence-electron chi connectivity index (χ3n) is 4.68. The Bertz CT molecular complexity index is 863. The second-order valence-corrected chi connectivity index (χ2v) is 7.70. The number of rotatable bonds is 9. The van der Waals surface area contributed by atoms with Crippen LogP contribution in [-0.4, -0.2) is 31.2 Å². The molecule has 0 fully saturated rings. The van der Waals surface area contributed by atoms with Crippen molar-refractivity contribution in [3.05, 3.63) is 108 Å². The van der Waals surface area contributed by atoms with Gasteiger partial charge in [-0.1, -0.05) is 96.2 Å². The third kappa shape index (κ3) is 4.74. The highest BCUT2D eigenvalue weighted by Crippen LogP contribution is 2.48. The molecule has 0 radical (unpaired) electrons. The van der Waals surface area contributed by atoms with Crippen LogP contribution in [0.3, 0.4) is 0 Å². The summed E-state index contributed by atoms with van der Waals surface area (Å²) in [6.07, 6.45) is 0. The molecule has 0 aliphatic heterocycles. The number of oxime groups is 1. The fourth-order valence-electron chi connectivity index (χ4n) is 3.39. The van der Waals surface area contributed by atoms with E-state index >= 15 is 0 Å². The van der Waals surface area contributed by atoms with Crippen molar-refractivity contribution in [3.8, 4) is 0 Å². The van der Waals surface area contributed by atoms with Crippen LogP contribution in [0.1, 0.15) is 23.6 Å². The van der Waals surface area contributed by atoms with Gasteiger partial charge in [0.25, 0.3) is 0 Å². The maximum Gasteiger partial charge on any atom is 0.356 e. The summed E-state index contributed by atoms with van der Waals surface area (Å²) < 4.78 is 4.64. The summed E-state index contributed by atoms with van der Waals surface area (Å²) in [6.45, 7) is 2.06. The number of hydrogen-bond donors (Lipinski definition) is 0. The summed E-state index contributed by atoms with van der Waals surface area (Å²) in [5, 5.41) is 3.95. The molecule has 0 amide bonds. The lowest BCUT2D eigenvalue weighted by atomic mass is 9.84. The van der Waals surface area contributed by atoms with E-state index in [0.717, 1.165) is 16.7 Å². The molecule has 4 nitrogen and oxygen atoms in total. The Morgan fingerprint density at radius 3 is 1.63 bits per heavy atom. The summed E-state index contributed by atoms with van der Waals surface area (Å²) in [7, 11) is 1.43. The monoisotopic (exact) mass is 419 g/mol. The highest BCUT2D eigenvalue weighted by Gasteiger charge is 2.37. The maximum absolute atomic E-state index is 12.4. The minimum atomic E-state index is -0.537. The number of nitrogens with zero attached hydrogens (tertiary/aromatic N) is 1. The second-order valence-electron chi connectivity index (χ2n) is 6.51. The molecule has 3 rings (SSSR count). The van der Waals surface area contributed by atoms with Crippen LogP contribution >= 0.6 is 11.8 Å². The zero-order chi connectivity index (χ0) is 21.2. The normalized spacial score (nSPS) is 11.7. The number of carbonyl (C=O) groups is 1. The van der Waals surface area contributed by atoms with Crippen LogP contribution in [0.2, 0.25) is 0 Å². The van der Waals surface area contributed by atoms with Gasteiger partial charge in [0.15, 0.2) is 5.71 Å². The molecule has 154 valence electrons. The Hall–Kier alpha value is -3.05. The van der Waals surface area contributed by atoms with E-state index in [2.05, 4.69) is 41.6 Å². The number of thioether (sulfide) groups is 1. The average molecular weight is 420 g/mol. The van der Waals surface area contributed by atoms with E-state index in [0.29, 0.717) is 5.75 Å². The molecule has 0 aliphatic carbocycles. The smallest absolute Gasteiger partial charge is 0.356 e. The lowest BCUT2D eigenvalue weighted by molar-refractivity contribution is -0.135. The standard InChI is InChI=1S/C25H25NO3S/c1-3-29-24(27)23(26-28-2)19-30-25(20-13-7-4-8-14-20,21-15-9-5-10-16-21)22-17-11-6-12-18-22/h4-18H,3,19H2,1-2H3. The molecule has 5 heteroatoms. The first kappa shape index (κ1) is 21.7. The fourth-order valence-corrected chi connectivity index (χ4v) is 4.82. The Balaban J connectivity index is 2.14. The Labute approximate surface area is 181 Å². The summed E-state index contributed by atoms with van der Waals surface area (Å²) in [5.41, 5.74) is 3.60. The van der Waals surface area contributed by atoms with E-state index in [9.17, 15) is 4.79 Å². The molecule has 3 aromatic rings. The largest absolute Gasteiger partial charge is 0.461 e.